The van der Waals surface area contributed by atoms with Crippen molar-refractivity contribution in [2.75, 3.05) is 0 Å². The molecular weight excluding hydrogens is 242 g/mol. The Kier molecular flexibility index (Phi) is 2.84. The van der Waals surface area contributed by atoms with E-state index in [1.54, 1.807) is 12.1 Å². The van der Waals surface area contributed by atoms with E-state index in [9.17, 15) is 18.7 Å². The van der Waals surface area contributed by atoms with Gasteiger partial charge in [-0.3, -0.25) is 0 Å². The van der Waals surface area contributed by atoms with Crippen LogP contribution >= 0.6 is 0 Å². The van der Waals surface area contributed by atoms with Crippen LogP contribution in [0.25, 0.3) is 0 Å². The lowest BCUT2D eigenvalue weighted by molar-refractivity contribution is -0.133. The van der Waals surface area contributed by atoms with E-state index in [0.717, 1.165) is 6.92 Å². The van der Waals surface area contributed by atoms with Crippen LogP contribution in [0.15, 0.2) is 35.6 Å². The van der Waals surface area contributed by atoms with Crippen LogP contribution in [0.5, 0.6) is 5.75 Å². The fraction of sp³-hybridized carbons (Fsp3) is 0.308. The lowest BCUT2D eigenvalue weighted by atomic mass is 9.83. The maximum Gasteiger partial charge on any atom is 0.343 e. The first kappa shape index (κ1) is 12.5. The van der Waals surface area contributed by atoms with Crippen LogP contribution in [0, 0.1) is 0 Å². The molecule has 5 heteroatoms. The smallest absolute Gasteiger partial charge is 0.343 e. The third kappa shape index (κ3) is 1.96. The van der Waals surface area contributed by atoms with Gasteiger partial charge in [-0.05, 0) is 13.0 Å². The molecule has 96 valence electrons. The van der Waals surface area contributed by atoms with Crippen molar-refractivity contribution < 1.29 is 23.4 Å². The van der Waals surface area contributed by atoms with Crippen LogP contribution in [0.2, 0.25) is 0 Å². The molecule has 0 bridgehead atoms. The highest BCUT2D eigenvalue weighted by molar-refractivity contribution is 5.95. The molecule has 1 atom stereocenters. The quantitative estimate of drug-likeness (QED) is 0.362. The molecule has 0 aromatic heterocycles. The predicted molar refractivity (Wildman–Crippen MR) is 60.8 cm³/mol. The maximum absolute atomic E-state index is 13.7. The highest BCUT2D eigenvalue weighted by Gasteiger charge is 2.46. The van der Waals surface area contributed by atoms with Crippen LogP contribution in [-0.4, -0.2) is 17.0 Å². The Morgan fingerprint density at radius 3 is 2.56 bits per heavy atom. The number of fused-ring (bicyclic) bond motifs is 1. The molecule has 1 heterocycles. The average Bonchev–Trinajstić information content (AvgIpc) is 2.25. The molecule has 0 spiro atoms. The molecular formula is C13H12F2O3. The number of ether oxygens (including phenoxy) is 1. The first-order chi connectivity index (χ1) is 8.32. The minimum Gasteiger partial charge on any atom is -0.512 e. The zero-order chi connectivity index (χ0) is 13.5. The van der Waals surface area contributed by atoms with E-state index in [1.807, 2.05) is 0 Å². The number of hydrogen-bond acceptors (Lipinski definition) is 3. The summed E-state index contributed by atoms with van der Waals surface area (Å²) in [5, 5.41) is 9.45. The first-order valence-electron chi connectivity index (χ1n) is 5.41. The Balaban J connectivity index is 2.69. The van der Waals surface area contributed by atoms with Crippen LogP contribution in [0.4, 0.5) is 8.78 Å². The Hall–Kier alpha value is -1.91. The van der Waals surface area contributed by atoms with Gasteiger partial charge in [0.25, 0.3) is 5.92 Å². The number of esters is 1. The van der Waals surface area contributed by atoms with Gasteiger partial charge in [-0.2, -0.15) is 0 Å². The second kappa shape index (κ2) is 4.08. The van der Waals surface area contributed by atoms with Crippen LogP contribution in [-0.2, 0) is 4.79 Å². The molecule has 1 aliphatic heterocycles. The third-order valence-corrected chi connectivity index (χ3v) is 2.84. The molecule has 3 nitrogen and oxygen atoms in total. The number of allylic oxidation sites excluding steroid dienone is 1. The van der Waals surface area contributed by atoms with Crippen molar-refractivity contribution >= 4 is 5.97 Å². The molecule has 0 radical (unpaired) electrons. The monoisotopic (exact) mass is 254 g/mol. The second-order valence-corrected chi connectivity index (χ2v) is 4.32. The topological polar surface area (TPSA) is 46.5 Å². The summed E-state index contributed by atoms with van der Waals surface area (Å²) in [6.45, 7) is 1.92. The summed E-state index contributed by atoms with van der Waals surface area (Å²) in [6, 6.07) is 6.10. The van der Waals surface area contributed by atoms with Crippen LogP contribution in [0.1, 0.15) is 25.3 Å². The maximum atomic E-state index is 13.7. The van der Waals surface area contributed by atoms with E-state index >= 15 is 0 Å². The normalized spacial score (nSPS) is 22.2. The number of benzene rings is 1. The number of para-hydroxylation sites is 1. The number of carbonyl (C=O) groups excluding carboxylic acids is 1. The minimum absolute atomic E-state index is 0.110. The van der Waals surface area contributed by atoms with Gasteiger partial charge in [0.1, 0.15) is 11.5 Å². The van der Waals surface area contributed by atoms with Gasteiger partial charge in [0.05, 0.1) is 11.5 Å². The molecule has 0 saturated carbocycles. The fourth-order valence-corrected chi connectivity index (χ4v) is 2.12. The molecule has 18 heavy (non-hydrogen) atoms. The van der Waals surface area contributed by atoms with Crippen molar-refractivity contribution in [3.05, 3.63) is 41.2 Å². The molecule has 1 N–H and O–H groups in total. The van der Waals surface area contributed by atoms with Crippen LogP contribution in [0.3, 0.4) is 0 Å². The summed E-state index contributed by atoms with van der Waals surface area (Å²) in [6.07, 6.45) is 0. The van der Waals surface area contributed by atoms with Crippen molar-refractivity contribution in [2.45, 2.75) is 25.7 Å². The van der Waals surface area contributed by atoms with E-state index < -0.39 is 23.6 Å². The number of hydrogen-bond donors (Lipinski definition) is 1. The zero-order valence-electron chi connectivity index (χ0n) is 9.91. The summed E-state index contributed by atoms with van der Waals surface area (Å²) in [5.74, 6) is -5.92. The minimum atomic E-state index is -3.17. The molecule has 2 rings (SSSR count). The van der Waals surface area contributed by atoms with Crippen molar-refractivity contribution in [1.29, 1.82) is 0 Å². The van der Waals surface area contributed by atoms with E-state index in [4.69, 9.17) is 4.74 Å². The SMILES string of the molecule is C/C(O)=C1/C(=O)Oc2ccccc2C1C(C)(F)F. The molecule has 0 saturated heterocycles. The van der Waals surface area contributed by atoms with E-state index in [0.29, 0.717) is 0 Å². The Bertz CT molecular complexity index is 525. The summed E-state index contributed by atoms with van der Waals surface area (Å²) in [5.41, 5.74) is -0.186. The second-order valence-electron chi connectivity index (χ2n) is 4.32. The lowest BCUT2D eigenvalue weighted by Gasteiger charge is -2.31. The number of halogens is 2. The van der Waals surface area contributed by atoms with Gasteiger partial charge < -0.3 is 9.84 Å². The number of carbonyl (C=O) groups is 1. The Morgan fingerprint density at radius 2 is 2.00 bits per heavy atom. The first-order valence-corrected chi connectivity index (χ1v) is 5.41. The summed E-state index contributed by atoms with van der Waals surface area (Å²) in [7, 11) is 0. The Labute approximate surface area is 103 Å². The van der Waals surface area contributed by atoms with E-state index in [-0.39, 0.29) is 16.9 Å². The largest absolute Gasteiger partial charge is 0.512 e. The number of rotatable bonds is 1. The Morgan fingerprint density at radius 1 is 1.39 bits per heavy atom. The van der Waals surface area contributed by atoms with E-state index in [2.05, 4.69) is 0 Å². The highest BCUT2D eigenvalue weighted by Crippen LogP contribution is 2.46. The van der Waals surface area contributed by atoms with Gasteiger partial charge in [0, 0.05) is 12.5 Å². The molecule has 1 unspecified atom stereocenters. The third-order valence-electron chi connectivity index (χ3n) is 2.84. The molecule has 0 aliphatic carbocycles. The zero-order valence-corrected chi connectivity index (χ0v) is 9.91. The van der Waals surface area contributed by atoms with Gasteiger partial charge >= 0.3 is 5.97 Å². The lowest BCUT2D eigenvalue weighted by Crippen LogP contribution is -2.34. The van der Waals surface area contributed by atoms with Gasteiger partial charge in [-0.1, -0.05) is 18.2 Å². The van der Waals surface area contributed by atoms with E-state index in [1.165, 1.54) is 19.1 Å². The molecule has 1 aromatic rings. The number of alkyl halides is 2. The highest BCUT2D eigenvalue weighted by atomic mass is 19.3. The van der Waals surface area contributed by atoms with Crippen molar-refractivity contribution in [2.24, 2.45) is 0 Å². The van der Waals surface area contributed by atoms with Gasteiger partial charge in [0.15, 0.2) is 0 Å². The van der Waals surface area contributed by atoms with Crippen molar-refractivity contribution in [1.82, 2.24) is 0 Å². The number of aliphatic hydroxyl groups is 1. The molecule has 0 fully saturated rings. The summed E-state index contributed by atoms with van der Waals surface area (Å²) in [4.78, 5) is 11.7. The molecule has 1 aromatic carbocycles. The van der Waals surface area contributed by atoms with Gasteiger partial charge in [0.2, 0.25) is 0 Å². The van der Waals surface area contributed by atoms with Crippen LogP contribution < -0.4 is 4.74 Å². The fourth-order valence-electron chi connectivity index (χ4n) is 2.12. The van der Waals surface area contributed by atoms with Crippen molar-refractivity contribution in [3.8, 4) is 5.75 Å². The van der Waals surface area contributed by atoms with Gasteiger partial charge in [-0.25, -0.2) is 13.6 Å². The molecule has 0 amide bonds. The van der Waals surface area contributed by atoms with Crippen molar-refractivity contribution in [3.63, 3.8) is 0 Å². The summed E-state index contributed by atoms with van der Waals surface area (Å²) >= 11 is 0. The summed E-state index contributed by atoms with van der Waals surface area (Å²) < 4.78 is 32.4. The predicted octanol–water partition coefficient (Wildman–Crippen LogP) is 3.18. The number of aliphatic hydroxyl groups excluding tert-OH is 1. The molecule has 1 aliphatic rings. The standard InChI is InChI=1S/C13H12F2O3/c1-7(16)10-11(13(2,14)15)8-5-3-4-6-9(8)18-12(10)17/h3-6,11,16H,1-2H3/b10-7-. The van der Waals surface area contributed by atoms with Gasteiger partial charge in [-0.15, -0.1) is 0 Å². The average molecular weight is 254 g/mol.